The van der Waals surface area contributed by atoms with Gasteiger partial charge in [0.05, 0.1) is 0 Å². The van der Waals surface area contributed by atoms with Crippen LogP contribution in [0.1, 0.15) is 33.6 Å². The van der Waals surface area contributed by atoms with Gasteiger partial charge >= 0.3 is 0 Å². The van der Waals surface area contributed by atoms with Crippen LogP contribution in [0.4, 0.5) is 0 Å². The average Bonchev–Trinajstić information content (AvgIpc) is 2.58. The van der Waals surface area contributed by atoms with Crippen LogP contribution >= 0.6 is 12.2 Å². The van der Waals surface area contributed by atoms with Gasteiger partial charge in [0.15, 0.2) is 10.9 Å². The van der Waals surface area contributed by atoms with Crippen LogP contribution in [0.2, 0.25) is 0 Å². The van der Waals surface area contributed by atoms with Crippen LogP contribution in [-0.4, -0.2) is 35.6 Å². The molecule has 5 heteroatoms. The quantitative estimate of drug-likeness (QED) is 0.581. The van der Waals surface area contributed by atoms with E-state index in [-0.39, 0.29) is 22.5 Å². The van der Waals surface area contributed by atoms with Gasteiger partial charge < -0.3 is 4.90 Å². The predicted octanol–water partition coefficient (Wildman–Crippen LogP) is 1.80. The minimum Gasteiger partial charge on any atom is -0.354 e. The Morgan fingerprint density at radius 2 is 2.06 bits per heavy atom. The number of carbonyl (C=O) groups excluding carboxylic acids is 1. The molecule has 0 heterocycles. The van der Waals surface area contributed by atoms with E-state index < -0.39 is 0 Å². The fourth-order valence-electron chi connectivity index (χ4n) is 3.16. The molecule has 0 spiro atoms. The fourth-order valence-corrected chi connectivity index (χ4v) is 3.21. The lowest BCUT2D eigenvalue weighted by Crippen LogP contribution is -2.35. The molecule has 0 aromatic rings. The highest BCUT2D eigenvalue weighted by atomic mass is 32.1. The van der Waals surface area contributed by atoms with Gasteiger partial charge in [0.2, 0.25) is 0 Å². The molecule has 0 amide bonds. The van der Waals surface area contributed by atoms with Crippen LogP contribution in [-0.2, 0) is 4.79 Å². The Morgan fingerprint density at radius 1 is 1.44 bits per heavy atom. The molecule has 0 aromatic carbocycles. The highest BCUT2D eigenvalue weighted by Crippen LogP contribution is 2.62. The van der Waals surface area contributed by atoms with Gasteiger partial charge in [-0.15, -0.1) is 0 Å². The highest BCUT2D eigenvalue weighted by Gasteiger charge is 2.65. The number of nitrogens with one attached hydrogen (secondary N) is 1. The minimum absolute atomic E-state index is 0.00430. The second kappa shape index (κ2) is 4.02. The zero-order chi connectivity index (χ0) is 13.7. The summed E-state index contributed by atoms with van der Waals surface area (Å²) in [6, 6.07) is 0. The van der Waals surface area contributed by atoms with Gasteiger partial charge in [0, 0.05) is 25.4 Å². The third-order valence-corrected chi connectivity index (χ3v) is 5.42. The molecule has 0 radical (unpaired) electrons. The number of hydrogen-bond acceptors (Lipinski definition) is 3. The number of hydrazone groups is 1. The molecular weight excluding hydrogens is 246 g/mol. The van der Waals surface area contributed by atoms with E-state index in [4.69, 9.17) is 12.2 Å². The van der Waals surface area contributed by atoms with Crippen LogP contribution in [0.3, 0.4) is 0 Å². The Morgan fingerprint density at radius 3 is 2.50 bits per heavy atom. The molecule has 2 aliphatic rings. The van der Waals surface area contributed by atoms with Crippen molar-refractivity contribution in [2.24, 2.45) is 21.8 Å². The maximum absolute atomic E-state index is 12.5. The normalized spacial score (nSPS) is 35.1. The van der Waals surface area contributed by atoms with Gasteiger partial charge in [-0.3, -0.25) is 10.2 Å². The van der Waals surface area contributed by atoms with E-state index in [1.54, 1.807) is 4.90 Å². The number of rotatable bonds is 1. The van der Waals surface area contributed by atoms with Crippen LogP contribution in [0, 0.1) is 16.7 Å². The summed E-state index contributed by atoms with van der Waals surface area (Å²) in [5, 5.41) is 4.81. The first kappa shape index (κ1) is 13.5. The summed E-state index contributed by atoms with van der Waals surface area (Å²) in [7, 11) is 3.70. The van der Waals surface area contributed by atoms with Crippen LogP contribution in [0.15, 0.2) is 5.10 Å². The Hall–Kier alpha value is -0.970. The van der Waals surface area contributed by atoms with Gasteiger partial charge in [0.25, 0.3) is 0 Å². The summed E-state index contributed by atoms with van der Waals surface area (Å²) in [6.07, 6.45) is 2.02. The maximum Gasteiger partial charge on any atom is 0.189 e. The van der Waals surface area contributed by atoms with Gasteiger partial charge in [-0.25, -0.2) is 0 Å². The number of ketones is 1. The average molecular weight is 267 g/mol. The zero-order valence-electron chi connectivity index (χ0n) is 11.7. The largest absolute Gasteiger partial charge is 0.354 e. The lowest BCUT2D eigenvalue weighted by molar-refractivity contribution is -0.123. The summed E-state index contributed by atoms with van der Waals surface area (Å²) in [4.78, 5) is 14.2. The summed E-state index contributed by atoms with van der Waals surface area (Å²) in [5.41, 5.74) is 3.25. The van der Waals surface area contributed by atoms with E-state index in [9.17, 15) is 4.79 Å². The number of thiocarbonyl (C=S) groups is 1. The van der Waals surface area contributed by atoms with E-state index in [0.717, 1.165) is 12.8 Å². The molecule has 100 valence electrons. The van der Waals surface area contributed by atoms with Gasteiger partial charge in [-0.05, 0) is 30.5 Å². The smallest absolute Gasteiger partial charge is 0.189 e. The van der Waals surface area contributed by atoms with Gasteiger partial charge in [-0.1, -0.05) is 20.8 Å². The fraction of sp³-hybridized carbons (Fsp3) is 0.769. The standard InChI is InChI=1S/C13H21N3OS/c1-12(2)8-6-7-13(12,3)10(17)9(8)14-15-11(18)16(4)5/h8H,6-7H2,1-5H3,(H,15,18)/b14-9-/t8-,13+/m0/s1. The van der Waals surface area contributed by atoms with E-state index in [1.807, 2.05) is 14.1 Å². The first-order chi connectivity index (χ1) is 8.22. The molecule has 2 fully saturated rings. The number of fused-ring (bicyclic) bond motifs is 2. The number of hydrogen-bond donors (Lipinski definition) is 1. The van der Waals surface area contributed by atoms with E-state index in [1.165, 1.54) is 0 Å². The summed E-state index contributed by atoms with van der Waals surface area (Å²) in [5.74, 6) is 0.449. The molecule has 2 bridgehead atoms. The SMILES string of the molecule is CN(C)C(=S)N/N=C1\C(=O)[C@@]2(C)CC[C@@H]1C2(C)C. The van der Waals surface area contributed by atoms with Crippen molar-refractivity contribution in [3.05, 3.63) is 0 Å². The molecule has 1 N–H and O–H groups in total. The topological polar surface area (TPSA) is 44.7 Å². The molecule has 2 rings (SSSR count). The molecule has 0 unspecified atom stereocenters. The summed E-state index contributed by atoms with van der Waals surface area (Å²) < 4.78 is 0. The lowest BCUT2D eigenvalue weighted by atomic mass is 9.70. The first-order valence-corrected chi connectivity index (χ1v) is 6.72. The molecule has 4 nitrogen and oxygen atoms in total. The third kappa shape index (κ3) is 1.60. The molecule has 0 aliphatic heterocycles. The van der Waals surface area contributed by atoms with E-state index in [2.05, 4.69) is 31.3 Å². The van der Waals surface area contributed by atoms with Gasteiger partial charge in [-0.2, -0.15) is 5.10 Å². The van der Waals surface area contributed by atoms with Crippen LogP contribution in [0.5, 0.6) is 0 Å². The van der Waals surface area contributed by atoms with Crippen LogP contribution in [0.25, 0.3) is 0 Å². The molecule has 18 heavy (non-hydrogen) atoms. The predicted molar refractivity (Wildman–Crippen MR) is 76.5 cm³/mol. The van der Waals surface area contributed by atoms with Crippen molar-refractivity contribution in [2.45, 2.75) is 33.6 Å². The monoisotopic (exact) mass is 267 g/mol. The van der Waals surface area contributed by atoms with E-state index in [0.29, 0.717) is 10.8 Å². The maximum atomic E-state index is 12.5. The summed E-state index contributed by atoms with van der Waals surface area (Å²) >= 11 is 5.12. The third-order valence-electron chi connectivity index (χ3n) is 4.97. The number of carbonyl (C=O) groups is 1. The summed E-state index contributed by atoms with van der Waals surface area (Å²) in [6.45, 7) is 6.42. The molecular formula is C13H21N3OS. The van der Waals surface area contributed by atoms with Crippen molar-refractivity contribution in [1.29, 1.82) is 0 Å². The van der Waals surface area contributed by atoms with Crippen molar-refractivity contribution >= 4 is 28.8 Å². The first-order valence-electron chi connectivity index (χ1n) is 6.31. The van der Waals surface area contributed by atoms with E-state index >= 15 is 0 Å². The van der Waals surface area contributed by atoms with Crippen molar-refractivity contribution in [1.82, 2.24) is 10.3 Å². The Kier molecular flexibility index (Phi) is 3.00. The highest BCUT2D eigenvalue weighted by molar-refractivity contribution is 7.80. The number of nitrogens with zero attached hydrogens (tertiary/aromatic N) is 2. The molecule has 0 aromatic heterocycles. The Labute approximate surface area is 114 Å². The second-order valence-corrected chi connectivity index (χ2v) is 6.67. The van der Waals surface area contributed by atoms with Crippen molar-refractivity contribution in [3.8, 4) is 0 Å². The number of Topliss-reactive ketones (excluding diaryl/α,β-unsaturated/α-hetero) is 1. The Balaban J connectivity index is 2.25. The zero-order valence-corrected chi connectivity index (χ0v) is 12.5. The molecule has 0 saturated heterocycles. The van der Waals surface area contributed by atoms with Gasteiger partial charge in [0.1, 0.15) is 5.71 Å². The van der Waals surface area contributed by atoms with Crippen LogP contribution < -0.4 is 5.43 Å². The molecule has 2 atom stereocenters. The van der Waals surface area contributed by atoms with Crippen molar-refractivity contribution in [2.75, 3.05) is 14.1 Å². The second-order valence-electron chi connectivity index (χ2n) is 6.28. The Bertz CT molecular complexity index is 442. The molecule has 2 saturated carbocycles. The lowest BCUT2D eigenvalue weighted by Gasteiger charge is -2.31. The van der Waals surface area contributed by atoms with Crippen molar-refractivity contribution in [3.63, 3.8) is 0 Å². The minimum atomic E-state index is -0.252. The molecule has 2 aliphatic carbocycles. The van der Waals surface area contributed by atoms with Crippen molar-refractivity contribution < 1.29 is 4.79 Å².